The standard InChI is InChI=1S/C34H22BrN/c35-28-10-5-9-26(21-28)23-15-17-24(18-16-23)27-19-20-31-30-12-3-4-13-33(30)36(34(31)22-27)32-14-6-8-25-7-1-2-11-29(25)32/h1-22H. The van der Waals surface area contributed by atoms with Gasteiger partial charge in [0.1, 0.15) is 0 Å². The number of fused-ring (bicyclic) bond motifs is 4. The van der Waals surface area contributed by atoms with E-state index < -0.39 is 0 Å². The number of para-hydroxylation sites is 1. The lowest BCUT2D eigenvalue weighted by Crippen LogP contribution is -1.95. The Morgan fingerprint density at radius 3 is 1.83 bits per heavy atom. The molecule has 0 radical (unpaired) electrons. The summed E-state index contributed by atoms with van der Waals surface area (Å²) in [6, 6.07) is 48.1. The van der Waals surface area contributed by atoms with Crippen molar-refractivity contribution < 1.29 is 0 Å². The van der Waals surface area contributed by atoms with Gasteiger partial charge in [0, 0.05) is 20.6 Å². The van der Waals surface area contributed by atoms with Gasteiger partial charge in [-0.3, -0.25) is 0 Å². The van der Waals surface area contributed by atoms with Gasteiger partial charge in [0.2, 0.25) is 0 Å². The summed E-state index contributed by atoms with van der Waals surface area (Å²) >= 11 is 3.59. The Bertz CT molecular complexity index is 1890. The van der Waals surface area contributed by atoms with Gasteiger partial charge < -0.3 is 4.57 Å². The van der Waals surface area contributed by atoms with Gasteiger partial charge in [-0.05, 0) is 58.0 Å². The first kappa shape index (κ1) is 21.2. The van der Waals surface area contributed by atoms with Crippen LogP contribution in [0.1, 0.15) is 0 Å². The highest BCUT2D eigenvalue weighted by molar-refractivity contribution is 9.10. The van der Waals surface area contributed by atoms with E-state index in [0.717, 1.165) is 4.47 Å². The first-order valence-electron chi connectivity index (χ1n) is 12.1. The summed E-state index contributed by atoms with van der Waals surface area (Å²) in [5, 5.41) is 5.05. The smallest absolute Gasteiger partial charge is 0.0547 e. The van der Waals surface area contributed by atoms with Gasteiger partial charge in [0.05, 0.1) is 16.7 Å². The fraction of sp³-hybridized carbons (Fsp3) is 0. The van der Waals surface area contributed by atoms with Crippen molar-refractivity contribution in [2.75, 3.05) is 0 Å². The molecule has 0 unspecified atom stereocenters. The third-order valence-corrected chi connectivity index (χ3v) is 7.55. The highest BCUT2D eigenvalue weighted by Crippen LogP contribution is 2.37. The van der Waals surface area contributed by atoms with E-state index in [-0.39, 0.29) is 0 Å². The third-order valence-electron chi connectivity index (χ3n) is 7.06. The molecule has 0 saturated heterocycles. The van der Waals surface area contributed by atoms with Crippen molar-refractivity contribution in [2.45, 2.75) is 0 Å². The highest BCUT2D eigenvalue weighted by atomic mass is 79.9. The molecule has 0 fully saturated rings. The molecule has 1 heterocycles. The lowest BCUT2D eigenvalue weighted by Gasteiger charge is -2.12. The van der Waals surface area contributed by atoms with Crippen LogP contribution >= 0.6 is 15.9 Å². The van der Waals surface area contributed by atoms with Crippen LogP contribution in [0.2, 0.25) is 0 Å². The van der Waals surface area contributed by atoms with Crippen molar-refractivity contribution in [1.82, 2.24) is 4.57 Å². The molecule has 2 heteroatoms. The highest BCUT2D eigenvalue weighted by Gasteiger charge is 2.15. The van der Waals surface area contributed by atoms with E-state index >= 15 is 0 Å². The van der Waals surface area contributed by atoms with E-state index in [0.29, 0.717) is 0 Å². The van der Waals surface area contributed by atoms with Crippen LogP contribution in [0.5, 0.6) is 0 Å². The second-order valence-corrected chi connectivity index (χ2v) is 10.1. The average molecular weight is 524 g/mol. The number of halogens is 1. The lowest BCUT2D eigenvalue weighted by atomic mass is 9.99. The first-order valence-corrected chi connectivity index (χ1v) is 12.9. The van der Waals surface area contributed by atoms with Gasteiger partial charge in [-0.2, -0.15) is 0 Å². The SMILES string of the molecule is Brc1cccc(-c2ccc(-c3ccc4c5ccccc5n(-c5cccc6ccccc56)c4c3)cc2)c1. The molecule has 0 N–H and O–H groups in total. The van der Waals surface area contributed by atoms with E-state index in [1.54, 1.807) is 0 Å². The minimum absolute atomic E-state index is 1.09. The molecule has 0 aliphatic carbocycles. The lowest BCUT2D eigenvalue weighted by molar-refractivity contribution is 1.20. The minimum atomic E-state index is 1.09. The number of rotatable bonds is 3. The van der Waals surface area contributed by atoms with Crippen molar-refractivity contribution >= 4 is 48.5 Å². The fourth-order valence-corrected chi connectivity index (χ4v) is 5.74. The zero-order valence-electron chi connectivity index (χ0n) is 19.5. The maximum absolute atomic E-state index is 3.59. The Morgan fingerprint density at radius 2 is 1.03 bits per heavy atom. The van der Waals surface area contributed by atoms with Crippen LogP contribution in [0.25, 0.3) is 60.5 Å². The molecular weight excluding hydrogens is 502 g/mol. The molecule has 6 aromatic carbocycles. The number of hydrogen-bond donors (Lipinski definition) is 0. The molecule has 0 saturated carbocycles. The quantitative estimate of drug-likeness (QED) is 0.217. The Kier molecular flexibility index (Phi) is 5.00. The Hall–Kier alpha value is -4.14. The maximum atomic E-state index is 3.59. The summed E-state index contributed by atoms with van der Waals surface area (Å²) < 4.78 is 3.52. The fourth-order valence-electron chi connectivity index (χ4n) is 5.34. The molecular formula is C34H22BrN. The molecule has 7 aromatic rings. The number of hydrogen-bond acceptors (Lipinski definition) is 0. The van der Waals surface area contributed by atoms with Crippen molar-refractivity contribution in [3.8, 4) is 27.9 Å². The summed E-state index contributed by atoms with van der Waals surface area (Å²) in [6.07, 6.45) is 0. The number of benzene rings is 6. The topological polar surface area (TPSA) is 4.93 Å². The van der Waals surface area contributed by atoms with Crippen LogP contribution in [0.15, 0.2) is 138 Å². The first-order chi connectivity index (χ1) is 17.8. The van der Waals surface area contributed by atoms with E-state index in [1.807, 2.05) is 0 Å². The molecule has 7 rings (SSSR count). The Balaban J connectivity index is 1.43. The van der Waals surface area contributed by atoms with Crippen LogP contribution in [0, 0.1) is 0 Å². The third kappa shape index (κ3) is 3.45. The molecule has 0 bridgehead atoms. The van der Waals surface area contributed by atoms with Crippen molar-refractivity contribution in [3.05, 3.63) is 138 Å². The summed E-state index contributed by atoms with van der Waals surface area (Å²) in [7, 11) is 0. The van der Waals surface area contributed by atoms with Crippen molar-refractivity contribution in [3.63, 3.8) is 0 Å². The minimum Gasteiger partial charge on any atom is -0.309 e. The molecule has 36 heavy (non-hydrogen) atoms. The second kappa shape index (κ2) is 8.51. The molecule has 1 aromatic heterocycles. The van der Waals surface area contributed by atoms with Crippen molar-refractivity contribution in [1.29, 1.82) is 0 Å². The summed E-state index contributed by atoms with van der Waals surface area (Å²) in [5.74, 6) is 0. The average Bonchev–Trinajstić information content (AvgIpc) is 3.26. The van der Waals surface area contributed by atoms with E-state index in [2.05, 4.69) is 154 Å². The van der Waals surface area contributed by atoms with Crippen LogP contribution in [-0.4, -0.2) is 4.57 Å². The van der Waals surface area contributed by atoms with Gasteiger partial charge >= 0.3 is 0 Å². The molecule has 0 spiro atoms. The Labute approximate surface area is 218 Å². The number of nitrogens with zero attached hydrogens (tertiary/aromatic N) is 1. The largest absolute Gasteiger partial charge is 0.309 e. The maximum Gasteiger partial charge on any atom is 0.0547 e. The summed E-state index contributed by atoms with van der Waals surface area (Å²) in [5.41, 5.74) is 8.51. The predicted octanol–water partition coefficient (Wildman–Crippen LogP) is 10.0. The van der Waals surface area contributed by atoms with E-state index in [9.17, 15) is 0 Å². The normalized spacial score (nSPS) is 11.5. The van der Waals surface area contributed by atoms with Crippen LogP contribution in [-0.2, 0) is 0 Å². The van der Waals surface area contributed by atoms with Gasteiger partial charge in [-0.15, -0.1) is 0 Å². The molecule has 0 atom stereocenters. The Morgan fingerprint density at radius 1 is 0.417 bits per heavy atom. The summed E-state index contributed by atoms with van der Waals surface area (Å²) in [4.78, 5) is 0. The second-order valence-electron chi connectivity index (χ2n) is 9.17. The predicted molar refractivity (Wildman–Crippen MR) is 157 cm³/mol. The molecule has 1 nitrogen and oxygen atoms in total. The van der Waals surface area contributed by atoms with Gasteiger partial charge in [-0.1, -0.05) is 119 Å². The zero-order chi connectivity index (χ0) is 24.1. The monoisotopic (exact) mass is 523 g/mol. The van der Waals surface area contributed by atoms with E-state index in [4.69, 9.17) is 0 Å². The van der Waals surface area contributed by atoms with Crippen molar-refractivity contribution in [2.24, 2.45) is 0 Å². The van der Waals surface area contributed by atoms with E-state index in [1.165, 1.54) is 60.5 Å². The number of aromatic nitrogens is 1. The van der Waals surface area contributed by atoms with Crippen LogP contribution < -0.4 is 0 Å². The van der Waals surface area contributed by atoms with Crippen LogP contribution in [0.4, 0.5) is 0 Å². The molecule has 0 amide bonds. The summed E-state index contributed by atoms with van der Waals surface area (Å²) in [6.45, 7) is 0. The molecule has 170 valence electrons. The molecule has 0 aliphatic heterocycles. The van der Waals surface area contributed by atoms with Gasteiger partial charge in [-0.25, -0.2) is 0 Å². The van der Waals surface area contributed by atoms with Gasteiger partial charge in [0.25, 0.3) is 0 Å². The zero-order valence-corrected chi connectivity index (χ0v) is 21.1. The molecule has 0 aliphatic rings. The van der Waals surface area contributed by atoms with Crippen LogP contribution in [0.3, 0.4) is 0 Å². The van der Waals surface area contributed by atoms with Gasteiger partial charge in [0.15, 0.2) is 0 Å².